The summed E-state index contributed by atoms with van der Waals surface area (Å²) in [6, 6.07) is 22.1. The third kappa shape index (κ3) is 4.26. The van der Waals surface area contributed by atoms with Crippen LogP contribution in [0.25, 0.3) is 0 Å². The molecule has 2 aliphatic heterocycles. The van der Waals surface area contributed by atoms with E-state index in [-0.39, 0.29) is 5.82 Å². The molecule has 1 fully saturated rings. The number of rotatable bonds is 3. The molecule has 3 aromatic rings. The Hall–Kier alpha value is -3.18. The first-order chi connectivity index (χ1) is 15.6. The van der Waals surface area contributed by atoms with Gasteiger partial charge in [0.2, 0.25) is 0 Å². The van der Waals surface area contributed by atoms with E-state index in [1.54, 1.807) is 12.1 Å². The van der Waals surface area contributed by atoms with Crippen molar-refractivity contribution in [3.63, 3.8) is 0 Å². The van der Waals surface area contributed by atoms with E-state index < -0.39 is 0 Å². The van der Waals surface area contributed by atoms with Crippen LogP contribution in [-0.2, 0) is 6.42 Å². The average molecular weight is 429 g/mol. The van der Waals surface area contributed by atoms with E-state index in [0.29, 0.717) is 6.04 Å². The van der Waals surface area contributed by atoms with Gasteiger partial charge in [0.25, 0.3) is 0 Å². The van der Waals surface area contributed by atoms with Gasteiger partial charge < -0.3 is 10.2 Å². The van der Waals surface area contributed by atoms with Crippen molar-refractivity contribution >= 4 is 22.9 Å². The number of para-hydroxylation sites is 2. The van der Waals surface area contributed by atoms with Gasteiger partial charge in [-0.2, -0.15) is 0 Å². The lowest BCUT2D eigenvalue weighted by Crippen LogP contribution is -2.53. The second-order valence-corrected chi connectivity index (χ2v) is 8.88. The van der Waals surface area contributed by atoms with Gasteiger partial charge in [0.1, 0.15) is 11.7 Å². The monoisotopic (exact) mass is 428 g/mol. The standard InChI is InChI=1S/C27H29FN4/c1-19-10-13-23-26(16-19)29-24-8-3-4-9-25(24)30-27(23)32-15-14-31(2)22(18-32)12-11-20-6-5-7-21(28)17-20/h3-10,13,16-17,22,29H,11-12,14-15,18H2,1-2H3. The molecular formula is C27H29FN4. The first-order valence-corrected chi connectivity index (χ1v) is 11.3. The number of hydrogen-bond acceptors (Lipinski definition) is 4. The summed E-state index contributed by atoms with van der Waals surface area (Å²) < 4.78 is 13.6. The average Bonchev–Trinajstić information content (AvgIpc) is 2.95. The lowest BCUT2D eigenvalue weighted by Gasteiger charge is -2.41. The largest absolute Gasteiger partial charge is 0.353 e. The molecule has 0 aliphatic carbocycles. The number of anilines is 2. The normalized spacial score (nSPS) is 18.3. The smallest absolute Gasteiger partial charge is 0.138 e. The highest BCUT2D eigenvalue weighted by Crippen LogP contribution is 2.35. The van der Waals surface area contributed by atoms with Gasteiger partial charge in [-0.3, -0.25) is 4.90 Å². The molecule has 1 unspecified atom stereocenters. The molecule has 0 spiro atoms. The molecule has 0 radical (unpaired) electrons. The number of hydrogen-bond donors (Lipinski definition) is 1. The van der Waals surface area contributed by atoms with Crippen molar-refractivity contribution in [1.29, 1.82) is 0 Å². The number of nitrogens with one attached hydrogen (secondary N) is 1. The summed E-state index contributed by atoms with van der Waals surface area (Å²) in [5.74, 6) is 0.869. The summed E-state index contributed by atoms with van der Waals surface area (Å²) in [6.45, 7) is 4.93. The second kappa shape index (κ2) is 8.75. The summed E-state index contributed by atoms with van der Waals surface area (Å²) in [5, 5.41) is 3.60. The van der Waals surface area contributed by atoms with E-state index in [9.17, 15) is 4.39 Å². The van der Waals surface area contributed by atoms with Gasteiger partial charge in [0.15, 0.2) is 0 Å². The number of halogens is 1. The second-order valence-electron chi connectivity index (χ2n) is 8.88. The fourth-order valence-electron chi connectivity index (χ4n) is 4.67. The van der Waals surface area contributed by atoms with Gasteiger partial charge >= 0.3 is 0 Å². The Balaban J connectivity index is 1.43. The van der Waals surface area contributed by atoms with E-state index in [0.717, 1.165) is 66.5 Å². The third-order valence-corrected chi connectivity index (χ3v) is 6.55. The lowest BCUT2D eigenvalue weighted by molar-refractivity contribution is 0.134. The minimum atomic E-state index is -0.160. The van der Waals surface area contributed by atoms with Gasteiger partial charge in [0.05, 0.1) is 11.4 Å². The summed E-state index contributed by atoms with van der Waals surface area (Å²) >= 11 is 0. The van der Waals surface area contributed by atoms with Crippen LogP contribution in [0.2, 0.25) is 0 Å². The molecule has 0 bridgehead atoms. The highest BCUT2D eigenvalue weighted by molar-refractivity contribution is 6.07. The highest BCUT2D eigenvalue weighted by atomic mass is 19.1. The summed E-state index contributed by atoms with van der Waals surface area (Å²) in [5.41, 5.74) is 6.52. The van der Waals surface area contributed by atoms with Crippen molar-refractivity contribution in [2.75, 3.05) is 32.0 Å². The Morgan fingerprint density at radius 1 is 1.00 bits per heavy atom. The number of nitrogens with zero attached hydrogens (tertiary/aromatic N) is 3. The van der Waals surface area contributed by atoms with E-state index in [4.69, 9.17) is 4.99 Å². The molecule has 1 atom stereocenters. The van der Waals surface area contributed by atoms with Crippen molar-refractivity contribution in [3.8, 4) is 0 Å². The SMILES string of the molecule is Cc1ccc2c(c1)Nc1ccccc1N=C2N1CCN(C)C(CCc2cccc(F)c2)C1. The third-order valence-electron chi connectivity index (χ3n) is 6.55. The maximum atomic E-state index is 13.6. The Bertz CT molecular complexity index is 1160. The van der Waals surface area contributed by atoms with Crippen molar-refractivity contribution < 1.29 is 4.39 Å². The number of piperazine rings is 1. The fourth-order valence-corrected chi connectivity index (χ4v) is 4.67. The lowest BCUT2D eigenvalue weighted by atomic mass is 10.0. The van der Waals surface area contributed by atoms with E-state index in [1.165, 1.54) is 11.6 Å². The maximum absolute atomic E-state index is 13.6. The van der Waals surface area contributed by atoms with Crippen LogP contribution in [0.4, 0.5) is 21.5 Å². The van der Waals surface area contributed by atoms with Crippen LogP contribution >= 0.6 is 0 Å². The van der Waals surface area contributed by atoms with Crippen LogP contribution in [0, 0.1) is 12.7 Å². The quantitative estimate of drug-likeness (QED) is 0.596. The van der Waals surface area contributed by atoms with Crippen LogP contribution in [0.1, 0.15) is 23.1 Å². The first kappa shape index (κ1) is 20.7. The van der Waals surface area contributed by atoms with Crippen molar-refractivity contribution in [2.24, 2.45) is 4.99 Å². The molecule has 4 nitrogen and oxygen atoms in total. The highest BCUT2D eigenvalue weighted by Gasteiger charge is 2.29. The van der Waals surface area contributed by atoms with Crippen molar-refractivity contribution in [3.05, 3.63) is 89.2 Å². The van der Waals surface area contributed by atoms with Crippen molar-refractivity contribution in [2.45, 2.75) is 25.8 Å². The van der Waals surface area contributed by atoms with Gasteiger partial charge in [-0.1, -0.05) is 30.3 Å². The van der Waals surface area contributed by atoms with Crippen LogP contribution in [0.3, 0.4) is 0 Å². The van der Waals surface area contributed by atoms with E-state index in [2.05, 4.69) is 59.4 Å². The topological polar surface area (TPSA) is 30.9 Å². The number of benzene rings is 3. The molecule has 1 N–H and O–H groups in total. The number of amidine groups is 1. The molecule has 2 heterocycles. The molecule has 3 aromatic carbocycles. The molecule has 5 rings (SSSR count). The fraction of sp³-hybridized carbons (Fsp3) is 0.296. The zero-order chi connectivity index (χ0) is 22.1. The predicted octanol–water partition coefficient (Wildman–Crippen LogP) is 5.52. The molecule has 0 saturated carbocycles. The van der Waals surface area contributed by atoms with Gasteiger partial charge in [0, 0.05) is 36.9 Å². The predicted molar refractivity (Wildman–Crippen MR) is 130 cm³/mol. The zero-order valence-electron chi connectivity index (χ0n) is 18.7. The van der Waals surface area contributed by atoms with Crippen LogP contribution in [0.5, 0.6) is 0 Å². The Labute approximate surface area is 189 Å². The zero-order valence-corrected chi connectivity index (χ0v) is 18.7. The molecular weight excluding hydrogens is 399 g/mol. The van der Waals surface area contributed by atoms with Gasteiger partial charge in [-0.15, -0.1) is 0 Å². The molecule has 2 aliphatic rings. The van der Waals surface area contributed by atoms with Gasteiger partial charge in [-0.25, -0.2) is 9.38 Å². The number of aliphatic imine (C=N–C) groups is 1. The number of fused-ring (bicyclic) bond motifs is 2. The molecule has 164 valence electrons. The van der Waals surface area contributed by atoms with Crippen LogP contribution in [-0.4, -0.2) is 48.4 Å². The minimum Gasteiger partial charge on any atom is -0.353 e. The maximum Gasteiger partial charge on any atom is 0.138 e. The minimum absolute atomic E-state index is 0.160. The number of aryl methyl sites for hydroxylation is 2. The first-order valence-electron chi connectivity index (χ1n) is 11.3. The Morgan fingerprint density at radius 3 is 2.75 bits per heavy atom. The van der Waals surface area contributed by atoms with Crippen LogP contribution in [0.15, 0.2) is 71.7 Å². The Morgan fingerprint density at radius 2 is 1.88 bits per heavy atom. The Kier molecular flexibility index (Phi) is 5.66. The summed E-state index contributed by atoms with van der Waals surface area (Å²) in [7, 11) is 2.19. The van der Waals surface area contributed by atoms with Gasteiger partial charge in [-0.05, 0) is 74.3 Å². The molecule has 0 aromatic heterocycles. The number of likely N-dealkylation sites (N-methyl/N-ethyl adjacent to an activating group) is 1. The molecule has 0 amide bonds. The molecule has 1 saturated heterocycles. The van der Waals surface area contributed by atoms with E-state index >= 15 is 0 Å². The van der Waals surface area contributed by atoms with E-state index in [1.807, 2.05) is 18.2 Å². The summed E-state index contributed by atoms with van der Waals surface area (Å²) in [4.78, 5) is 9.99. The molecule has 32 heavy (non-hydrogen) atoms. The summed E-state index contributed by atoms with van der Waals surface area (Å²) in [6.07, 6.45) is 1.85. The molecule has 5 heteroatoms. The van der Waals surface area contributed by atoms with Crippen molar-refractivity contribution in [1.82, 2.24) is 9.80 Å². The van der Waals surface area contributed by atoms with Crippen LogP contribution < -0.4 is 5.32 Å².